The van der Waals surface area contributed by atoms with Crippen LogP contribution in [0.15, 0.2) is 11.6 Å². The van der Waals surface area contributed by atoms with E-state index in [-0.39, 0.29) is 5.92 Å². The molecule has 2 fully saturated rings. The predicted molar refractivity (Wildman–Crippen MR) is 69.3 cm³/mol. The van der Waals surface area contributed by atoms with E-state index in [9.17, 15) is 20.1 Å². The van der Waals surface area contributed by atoms with Gasteiger partial charge in [0.15, 0.2) is 11.4 Å². The number of fused-ring (bicyclic) bond motifs is 1. The second-order valence-corrected chi connectivity index (χ2v) is 7.38. The molecular weight excluding hydrogens is 244 g/mol. The lowest BCUT2D eigenvalue weighted by molar-refractivity contribution is -0.377. The maximum absolute atomic E-state index is 12.3. The summed E-state index contributed by atoms with van der Waals surface area (Å²) in [7, 11) is 0. The Hall–Kier alpha value is -0.710. The molecule has 3 N–H and O–H groups in total. The zero-order valence-corrected chi connectivity index (χ0v) is 11.9. The van der Waals surface area contributed by atoms with E-state index in [1.165, 1.54) is 6.08 Å². The molecule has 0 aromatic rings. The van der Waals surface area contributed by atoms with Crippen molar-refractivity contribution in [3.63, 3.8) is 0 Å². The maximum atomic E-state index is 12.3. The van der Waals surface area contributed by atoms with Crippen molar-refractivity contribution in [1.82, 2.24) is 0 Å². The summed E-state index contributed by atoms with van der Waals surface area (Å²) >= 11 is 0. The van der Waals surface area contributed by atoms with E-state index in [0.29, 0.717) is 12.8 Å². The van der Waals surface area contributed by atoms with Gasteiger partial charge < -0.3 is 15.3 Å². The number of hydrogen-bond acceptors (Lipinski definition) is 4. The molecule has 19 heavy (non-hydrogen) atoms. The number of carbonyl (C=O) groups is 1. The van der Waals surface area contributed by atoms with Gasteiger partial charge in [0.25, 0.3) is 0 Å². The molecule has 0 aliphatic heterocycles. The highest BCUT2D eigenvalue weighted by Gasteiger charge is 2.86. The summed E-state index contributed by atoms with van der Waals surface area (Å²) < 4.78 is 0. The molecule has 0 aromatic heterocycles. The molecule has 5 unspecified atom stereocenters. The lowest BCUT2D eigenvalue weighted by atomic mass is 9.29. The molecule has 0 aromatic carbocycles. The van der Waals surface area contributed by atoms with Gasteiger partial charge in [-0.2, -0.15) is 0 Å². The highest BCUT2D eigenvalue weighted by Crippen LogP contribution is 2.75. The van der Waals surface area contributed by atoms with Gasteiger partial charge in [0, 0.05) is 17.3 Å². The van der Waals surface area contributed by atoms with Gasteiger partial charge in [0.1, 0.15) is 5.60 Å². The number of rotatable bonds is 1. The van der Waals surface area contributed by atoms with E-state index in [1.54, 1.807) is 13.8 Å². The van der Waals surface area contributed by atoms with Crippen LogP contribution in [0.2, 0.25) is 0 Å². The molecule has 4 heteroatoms. The Bertz CT molecular complexity index is 503. The Morgan fingerprint density at radius 2 is 1.95 bits per heavy atom. The Balaban J connectivity index is 2.22. The third-order valence-electron chi connectivity index (χ3n) is 5.99. The fourth-order valence-corrected chi connectivity index (χ4v) is 5.34. The molecule has 106 valence electrons. The van der Waals surface area contributed by atoms with Gasteiger partial charge in [0.05, 0.1) is 5.60 Å². The minimum atomic E-state index is -1.74. The standard InChI is InChI=1S/C15H22O4/c1-8-7-10(16)15(19)13(4)6-5-9(12(2,3)17)14(15,18)11(8)13/h7,9,11,17-19H,5-6H2,1-4H3. The van der Waals surface area contributed by atoms with Crippen molar-refractivity contribution >= 4 is 5.78 Å². The van der Waals surface area contributed by atoms with Crippen LogP contribution in [0.3, 0.4) is 0 Å². The van der Waals surface area contributed by atoms with Crippen LogP contribution >= 0.6 is 0 Å². The Morgan fingerprint density at radius 1 is 1.37 bits per heavy atom. The summed E-state index contributed by atoms with van der Waals surface area (Å²) in [6, 6.07) is 0. The second kappa shape index (κ2) is 3.13. The first kappa shape index (κ1) is 13.3. The first-order chi connectivity index (χ1) is 8.51. The smallest absolute Gasteiger partial charge is 0.190 e. The summed E-state index contributed by atoms with van der Waals surface area (Å²) in [6.45, 7) is 6.98. The van der Waals surface area contributed by atoms with Crippen molar-refractivity contribution in [3.8, 4) is 0 Å². The summed E-state index contributed by atoms with van der Waals surface area (Å²) in [5, 5.41) is 32.3. The first-order valence-electron chi connectivity index (χ1n) is 6.91. The molecular formula is C15H22O4. The van der Waals surface area contributed by atoms with Crippen LogP contribution in [0.4, 0.5) is 0 Å². The van der Waals surface area contributed by atoms with Crippen LogP contribution < -0.4 is 0 Å². The second-order valence-electron chi connectivity index (χ2n) is 7.38. The Kier molecular flexibility index (Phi) is 2.19. The minimum Gasteiger partial charge on any atom is -0.390 e. The van der Waals surface area contributed by atoms with E-state index in [0.717, 1.165) is 5.57 Å². The molecule has 0 radical (unpaired) electrons. The van der Waals surface area contributed by atoms with E-state index in [4.69, 9.17) is 0 Å². The zero-order chi connectivity index (χ0) is 14.4. The van der Waals surface area contributed by atoms with Gasteiger partial charge in [0.2, 0.25) is 0 Å². The quantitative estimate of drug-likeness (QED) is 0.656. The fraction of sp³-hybridized carbons (Fsp3) is 0.800. The number of hydrogen-bond donors (Lipinski definition) is 3. The van der Waals surface area contributed by atoms with Crippen LogP contribution in [-0.4, -0.2) is 37.9 Å². The largest absolute Gasteiger partial charge is 0.390 e. The molecule has 0 amide bonds. The summed E-state index contributed by atoms with van der Waals surface area (Å²) in [4.78, 5) is 12.3. The van der Waals surface area contributed by atoms with Crippen molar-refractivity contribution in [2.75, 3.05) is 0 Å². The summed E-state index contributed by atoms with van der Waals surface area (Å²) in [5.41, 5.74) is -4.18. The summed E-state index contributed by atoms with van der Waals surface area (Å²) in [5.74, 6) is -1.15. The van der Waals surface area contributed by atoms with E-state index >= 15 is 0 Å². The van der Waals surface area contributed by atoms with Gasteiger partial charge in [-0.15, -0.1) is 0 Å². The predicted octanol–water partition coefficient (Wildman–Crippen LogP) is 0.795. The number of ketones is 1. The van der Waals surface area contributed by atoms with Crippen LogP contribution in [0.25, 0.3) is 0 Å². The highest BCUT2D eigenvalue weighted by molar-refractivity contribution is 6.03. The first-order valence-corrected chi connectivity index (χ1v) is 6.91. The highest BCUT2D eigenvalue weighted by atomic mass is 16.4. The van der Waals surface area contributed by atoms with E-state index in [2.05, 4.69) is 0 Å². The van der Waals surface area contributed by atoms with Crippen molar-refractivity contribution in [2.24, 2.45) is 17.3 Å². The lowest BCUT2D eigenvalue weighted by Gasteiger charge is -2.77. The van der Waals surface area contributed by atoms with Gasteiger partial charge in [-0.25, -0.2) is 0 Å². The van der Waals surface area contributed by atoms with Gasteiger partial charge >= 0.3 is 0 Å². The Labute approximate surface area is 113 Å². The molecule has 4 aliphatic carbocycles. The van der Waals surface area contributed by atoms with Gasteiger partial charge in [-0.3, -0.25) is 4.79 Å². The molecule has 4 bridgehead atoms. The molecule has 4 nitrogen and oxygen atoms in total. The fourth-order valence-electron chi connectivity index (χ4n) is 5.34. The third kappa shape index (κ3) is 1.08. The molecule has 2 saturated carbocycles. The molecule has 4 aliphatic rings. The van der Waals surface area contributed by atoms with Crippen molar-refractivity contribution in [1.29, 1.82) is 0 Å². The SMILES string of the molecule is CC1=CC(=O)C2(O)C3(C)CCC(C(C)(C)O)C2(O)C13. The Morgan fingerprint density at radius 3 is 2.47 bits per heavy atom. The van der Waals surface area contributed by atoms with Gasteiger partial charge in [-0.1, -0.05) is 12.5 Å². The molecule has 0 heterocycles. The number of carbonyl (C=O) groups excluding carboxylic acids is 1. The lowest BCUT2D eigenvalue weighted by Crippen LogP contribution is -2.90. The molecule has 4 rings (SSSR count). The monoisotopic (exact) mass is 266 g/mol. The van der Waals surface area contributed by atoms with E-state index < -0.39 is 33.9 Å². The zero-order valence-electron chi connectivity index (χ0n) is 11.9. The van der Waals surface area contributed by atoms with Gasteiger partial charge in [-0.05, 0) is 39.7 Å². The van der Waals surface area contributed by atoms with Crippen LogP contribution in [0.1, 0.15) is 40.5 Å². The van der Waals surface area contributed by atoms with Crippen LogP contribution in [-0.2, 0) is 4.79 Å². The van der Waals surface area contributed by atoms with E-state index in [1.807, 2.05) is 13.8 Å². The average molecular weight is 266 g/mol. The van der Waals surface area contributed by atoms with Crippen LogP contribution in [0.5, 0.6) is 0 Å². The molecule has 5 atom stereocenters. The minimum absolute atomic E-state index is 0.243. The van der Waals surface area contributed by atoms with Crippen molar-refractivity contribution in [2.45, 2.75) is 57.3 Å². The van der Waals surface area contributed by atoms with Crippen LogP contribution in [0, 0.1) is 17.3 Å². The summed E-state index contributed by atoms with van der Waals surface area (Å²) in [6.07, 6.45) is 2.71. The van der Waals surface area contributed by atoms with Crippen molar-refractivity contribution < 1.29 is 20.1 Å². The van der Waals surface area contributed by atoms with Crippen molar-refractivity contribution in [3.05, 3.63) is 11.6 Å². The molecule has 0 spiro atoms. The molecule has 0 saturated heterocycles. The normalized spacial score (nSPS) is 52.6. The maximum Gasteiger partial charge on any atom is 0.190 e. The average Bonchev–Trinajstić information content (AvgIpc) is 2.22. The third-order valence-corrected chi connectivity index (χ3v) is 5.99. The number of aliphatic hydroxyl groups is 3. The topological polar surface area (TPSA) is 77.8 Å².